The molecule has 3 heteroatoms. The Labute approximate surface area is 124 Å². The minimum Gasteiger partial charge on any atom is -0.465 e. The average Bonchev–Trinajstić information content (AvgIpc) is 2.47. The van der Waals surface area contributed by atoms with Gasteiger partial charge in [0.15, 0.2) is 0 Å². The summed E-state index contributed by atoms with van der Waals surface area (Å²) in [6.07, 6.45) is 0.895. The number of halogens is 1. The van der Waals surface area contributed by atoms with Gasteiger partial charge in [-0.3, -0.25) is 0 Å². The van der Waals surface area contributed by atoms with E-state index in [2.05, 4.69) is 13.0 Å². The van der Waals surface area contributed by atoms with Gasteiger partial charge in [0.05, 0.1) is 12.7 Å². The molecule has 2 aromatic carbocycles. The third-order valence-electron chi connectivity index (χ3n) is 3.39. The Kier molecular flexibility index (Phi) is 4.46. The molecule has 0 fully saturated rings. The zero-order valence-corrected chi connectivity index (χ0v) is 12.6. The van der Waals surface area contributed by atoms with Crippen molar-refractivity contribution in [3.63, 3.8) is 0 Å². The largest absolute Gasteiger partial charge is 0.465 e. The summed E-state index contributed by atoms with van der Waals surface area (Å²) in [5, 5.41) is 0.792. The van der Waals surface area contributed by atoms with Crippen LogP contribution in [-0.2, 0) is 11.2 Å². The summed E-state index contributed by atoms with van der Waals surface area (Å²) in [6.45, 7) is 4.07. The number of benzene rings is 2. The highest BCUT2D eigenvalue weighted by Gasteiger charge is 2.09. The van der Waals surface area contributed by atoms with E-state index in [-0.39, 0.29) is 5.97 Å². The van der Waals surface area contributed by atoms with Crippen LogP contribution in [0, 0.1) is 6.92 Å². The maximum absolute atomic E-state index is 11.5. The molecule has 0 N–H and O–H groups in total. The number of methoxy groups -OCH3 is 1. The van der Waals surface area contributed by atoms with E-state index >= 15 is 0 Å². The lowest BCUT2D eigenvalue weighted by molar-refractivity contribution is 0.0600. The van der Waals surface area contributed by atoms with Gasteiger partial charge in [-0.05, 0) is 59.9 Å². The topological polar surface area (TPSA) is 26.3 Å². The second-order valence-corrected chi connectivity index (χ2v) is 5.09. The summed E-state index contributed by atoms with van der Waals surface area (Å²) in [6, 6.07) is 11.6. The minimum atomic E-state index is -0.315. The molecule has 2 rings (SSSR count). The maximum atomic E-state index is 11.5. The van der Waals surface area contributed by atoms with Gasteiger partial charge >= 0.3 is 5.97 Å². The highest BCUT2D eigenvalue weighted by atomic mass is 35.5. The first-order valence-corrected chi connectivity index (χ1v) is 6.92. The molecular weight excluding hydrogens is 272 g/mol. The molecule has 104 valence electrons. The first-order chi connectivity index (χ1) is 9.56. The Bertz CT molecular complexity index is 647. The molecule has 0 amide bonds. The third kappa shape index (κ3) is 2.86. The van der Waals surface area contributed by atoms with Crippen LogP contribution < -0.4 is 0 Å². The van der Waals surface area contributed by atoms with Crippen molar-refractivity contribution in [2.24, 2.45) is 0 Å². The molecule has 0 aromatic heterocycles. The van der Waals surface area contributed by atoms with Gasteiger partial charge in [0.2, 0.25) is 0 Å². The van der Waals surface area contributed by atoms with Crippen molar-refractivity contribution in [1.29, 1.82) is 0 Å². The van der Waals surface area contributed by atoms with Gasteiger partial charge in [0.1, 0.15) is 0 Å². The molecule has 0 atom stereocenters. The number of ether oxygens (including phenoxy) is 1. The summed E-state index contributed by atoms with van der Waals surface area (Å²) in [4.78, 5) is 11.5. The molecule has 0 saturated heterocycles. The van der Waals surface area contributed by atoms with Crippen LogP contribution in [0.2, 0.25) is 5.02 Å². The van der Waals surface area contributed by atoms with Crippen LogP contribution in [0.4, 0.5) is 0 Å². The number of carbonyl (C=O) groups excluding carboxylic acids is 1. The van der Waals surface area contributed by atoms with Gasteiger partial charge in [-0.25, -0.2) is 4.79 Å². The Morgan fingerprint density at radius 1 is 1.20 bits per heavy atom. The average molecular weight is 289 g/mol. The molecule has 0 radical (unpaired) electrons. The van der Waals surface area contributed by atoms with Crippen molar-refractivity contribution in [2.45, 2.75) is 20.3 Å². The van der Waals surface area contributed by atoms with E-state index in [1.54, 1.807) is 6.07 Å². The quantitative estimate of drug-likeness (QED) is 0.768. The summed E-state index contributed by atoms with van der Waals surface area (Å²) in [7, 11) is 1.39. The Morgan fingerprint density at radius 2 is 1.95 bits per heavy atom. The van der Waals surface area contributed by atoms with Crippen LogP contribution in [-0.4, -0.2) is 13.1 Å². The second kappa shape index (κ2) is 6.10. The number of aryl methyl sites for hydroxylation is 2. The fourth-order valence-electron chi connectivity index (χ4n) is 2.25. The van der Waals surface area contributed by atoms with Crippen LogP contribution in [0.25, 0.3) is 11.1 Å². The molecule has 0 bridgehead atoms. The molecule has 0 aliphatic carbocycles. The molecule has 0 aliphatic heterocycles. The summed E-state index contributed by atoms with van der Waals surface area (Å²) in [5.41, 5.74) is 4.94. The zero-order chi connectivity index (χ0) is 14.7. The Morgan fingerprint density at radius 3 is 2.55 bits per heavy atom. The van der Waals surface area contributed by atoms with E-state index < -0.39 is 0 Å². The summed E-state index contributed by atoms with van der Waals surface area (Å²) >= 11 is 6.15. The fraction of sp³-hybridized carbons (Fsp3) is 0.235. The summed E-state index contributed by atoms with van der Waals surface area (Å²) < 4.78 is 4.73. The molecule has 0 spiro atoms. The Hall–Kier alpha value is -1.80. The van der Waals surface area contributed by atoms with Crippen LogP contribution in [0.3, 0.4) is 0 Å². The first kappa shape index (κ1) is 14.6. The van der Waals surface area contributed by atoms with Crippen molar-refractivity contribution in [3.05, 3.63) is 58.1 Å². The molecule has 0 unspecified atom stereocenters. The van der Waals surface area contributed by atoms with Gasteiger partial charge in [-0.1, -0.05) is 30.7 Å². The third-order valence-corrected chi connectivity index (χ3v) is 3.75. The number of carbonyl (C=O) groups is 1. The van der Waals surface area contributed by atoms with E-state index in [9.17, 15) is 4.79 Å². The lowest BCUT2D eigenvalue weighted by Crippen LogP contribution is -2.01. The number of rotatable bonds is 3. The minimum absolute atomic E-state index is 0.315. The predicted molar refractivity (Wildman–Crippen MR) is 82.3 cm³/mol. The molecular formula is C17H17ClO2. The first-order valence-electron chi connectivity index (χ1n) is 6.54. The van der Waals surface area contributed by atoms with Crippen LogP contribution in [0.5, 0.6) is 0 Å². The number of esters is 1. The van der Waals surface area contributed by atoms with E-state index in [4.69, 9.17) is 16.3 Å². The normalized spacial score (nSPS) is 10.4. The van der Waals surface area contributed by atoms with E-state index in [1.807, 2.05) is 31.2 Å². The molecule has 2 nitrogen and oxygen atoms in total. The van der Waals surface area contributed by atoms with Crippen molar-refractivity contribution < 1.29 is 9.53 Å². The van der Waals surface area contributed by atoms with Crippen molar-refractivity contribution in [1.82, 2.24) is 0 Å². The predicted octanol–water partition coefficient (Wildman–Crippen LogP) is 4.66. The monoisotopic (exact) mass is 288 g/mol. The Balaban J connectivity index is 2.45. The fourth-order valence-corrected chi connectivity index (χ4v) is 2.50. The van der Waals surface area contributed by atoms with Crippen LogP contribution in [0.15, 0.2) is 36.4 Å². The highest BCUT2D eigenvalue weighted by molar-refractivity contribution is 6.31. The van der Waals surface area contributed by atoms with Gasteiger partial charge in [0.25, 0.3) is 0 Å². The van der Waals surface area contributed by atoms with E-state index in [0.29, 0.717) is 5.56 Å². The maximum Gasteiger partial charge on any atom is 0.337 e. The molecule has 20 heavy (non-hydrogen) atoms. The summed E-state index contributed by atoms with van der Waals surface area (Å²) in [5.74, 6) is -0.315. The van der Waals surface area contributed by atoms with E-state index in [1.165, 1.54) is 7.11 Å². The highest BCUT2D eigenvalue weighted by Crippen LogP contribution is 2.28. The number of hydrogen-bond donors (Lipinski definition) is 0. The number of hydrogen-bond acceptors (Lipinski definition) is 2. The standard InChI is InChI=1S/C17H17ClO2/c1-4-12-10-13(6-8-16(12)18)15-7-5-14(9-11(15)2)17(19)20-3/h5-10H,4H2,1-3H3. The smallest absolute Gasteiger partial charge is 0.337 e. The van der Waals surface area contributed by atoms with Gasteiger partial charge < -0.3 is 4.74 Å². The van der Waals surface area contributed by atoms with Crippen molar-refractivity contribution >= 4 is 17.6 Å². The molecule has 0 aliphatic rings. The molecule has 2 aromatic rings. The van der Waals surface area contributed by atoms with Gasteiger partial charge in [0, 0.05) is 5.02 Å². The zero-order valence-electron chi connectivity index (χ0n) is 11.9. The SMILES string of the molecule is CCc1cc(-c2ccc(C(=O)OC)cc2C)ccc1Cl. The van der Waals surface area contributed by atoms with Crippen LogP contribution in [0.1, 0.15) is 28.4 Å². The van der Waals surface area contributed by atoms with Crippen LogP contribution >= 0.6 is 11.6 Å². The lowest BCUT2D eigenvalue weighted by Gasteiger charge is -2.10. The van der Waals surface area contributed by atoms with Crippen molar-refractivity contribution in [2.75, 3.05) is 7.11 Å². The van der Waals surface area contributed by atoms with Gasteiger partial charge in [-0.15, -0.1) is 0 Å². The van der Waals surface area contributed by atoms with Crippen molar-refractivity contribution in [3.8, 4) is 11.1 Å². The lowest BCUT2D eigenvalue weighted by atomic mass is 9.96. The molecule has 0 saturated carbocycles. The second-order valence-electron chi connectivity index (χ2n) is 4.68. The van der Waals surface area contributed by atoms with Gasteiger partial charge in [-0.2, -0.15) is 0 Å². The van der Waals surface area contributed by atoms with E-state index in [0.717, 1.165) is 33.7 Å². The molecule has 0 heterocycles.